The lowest BCUT2D eigenvalue weighted by atomic mass is 10.0. The molecule has 0 spiro atoms. The number of ether oxygens (including phenoxy) is 1. The maximum atomic E-state index is 12.4. The van der Waals surface area contributed by atoms with Gasteiger partial charge in [-0.05, 0) is 61.2 Å². The number of fused-ring (bicyclic) bond motifs is 1. The summed E-state index contributed by atoms with van der Waals surface area (Å²) in [5.74, 6) is -0.292. The van der Waals surface area contributed by atoms with Gasteiger partial charge in [-0.25, -0.2) is 4.79 Å². The third-order valence-electron chi connectivity index (χ3n) is 4.27. The van der Waals surface area contributed by atoms with Gasteiger partial charge in [-0.3, -0.25) is 4.79 Å². The molecule has 0 bridgehead atoms. The number of anilines is 1. The van der Waals surface area contributed by atoms with E-state index in [1.165, 1.54) is 0 Å². The normalized spacial score (nSPS) is 11.0. The molecule has 3 aromatic rings. The van der Waals surface area contributed by atoms with E-state index in [-0.39, 0.29) is 24.2 Å². The van der Waals surface area contributed by atoms with E-state index in [4.69, 9.17) is 9.26 Å². The van der Waals surface area contributed by atoms with Gasteiger partial charge in [0.15, 0.2) is 5.58 Å². The molecule has 0 radical (unpaired) electrons. The molecule has 6 nitrogen and oxygen atoms in total. The molecule has 3 rings (SSSR count). The third kappa shape index (κ3) is 4.57. The van der Waals surface area contributed by atoms with E-state index in [2.05, 4.69) is 10.5 Å². The van der Waals surface area contributed by atoms with Gasteiger partial charge in [0.1, 0.15) is 5.69 Å². The molecule has 0 aliphatic carbocycles. The molecule has 1 aromatic heterocycles. The Bertz CT molecular complexity index is 1000. The van der Waals surface area contributed by atoms with E-state index in [1.54, 1.807) is 24.3 Å². The van der Waals surface area contributed by atoms with Crippen LogP contribution in [0.4, 0.5) is 5.69 Å². The molecule has 1 N–H and O–H groups in total. The zero-order valence-corrected chi connectivity index (χ0v) is 16.5. The van der Waals surface area contributed by atoms with Crippen molar-refractivity contribution in [2.45, 2.75) is 34.1 Å². The number of aromatic nitrogens is 1. The van der Waals surface area contributed by atoms with Crippen LogP contribution in [0.15, 0.2) is 40.9 Å². The first-order chi connectivity index (χ1) is 13.3. The second kappa shape index (κ2) is 8.25. The lowest BCUT2D eigenvalue weighted by molar-refractivity contribution is -0.115. The minimum atomic E-state index is -0.369. The van der Waals surface area contributed by atoms with Crippen molar-refractivity contribution in [1.29, 1.82) is 0 Å². The van der Waals surface area contributed by atoms with Crippen molar-refractivity contribution in [2.75, 3.05) is 11.9 Å². The molecule has 0 saturated carbocycles. The quantitative estimate of drug-likeness (QED) is 0.640. The van der Waals surface area contributed by atoms with Crippen LogP contribution in [0.25, 0.3) is 11.0 Å². The highest BCUT2D eigenvalue weighted by Crippen LogP contribution is 2.24. The predicted molar refractivity (Wildman–Crippen MR) is 107 cm³/mol. The number of rotatable bonds is 6. The number of amides is 1. The van der Waals surface area contributed by atoms with Gasteiger partial charge < -0.3 is 14.6 Å². The third-order valence-corrected chi connectivity index (χ3v) is 4.27. The van der Waals surface area contributed by atoms with Gasteiger partial charge in [0.05, 0.1) is 18.6 Å². The average Bonchev–Trinajstić information content (AvgIpc) is 3.02. The molecule has 0 aliphatic heterocycles. The molecular formula is C22H24N2O4. The topological polar surface area (TPSA) is 81.4 Å². The van der Waals surface area contributed by atoms with Crippen LogP contribution >= 0.6 is 0 Å². The largest absolute Gasteiger partial charge is 0.462 e. The van der Waals surface area contributed by atoms with Crippen molar-refractivity contribution >= 4 is 28.5 Å². The van der Waals surface area contributed by atoms with Crippen LogP contribution in [-0.4, -0.2) is 23.6 Å². The monoisotopic (exact) mass is 380 g/mol. The molecule has 0 aliphatic rings. The Hall–Kier alpha value is -3.15. The van der Waals surface area contributed by atoms with E-state index in [0.29, 0.717) is 29.1 Å². The number of esters is 1. The first kappa shape index (κ1) is 19.6. The van der Waals surface area contributed by atoms with Crippen molar-refractivity contribution in [3.05, 3.63) is 58.8 Å². The summed E-state index contributed by atoms with van der Waals surface area (Å²) in [4.78, 5) is 24.4. The molecule has 28 heavy (non-hydrogen) atoms. The van der Waals surface area contributed by atoms with Gasteiger partial charge >= 0.3 is 5.97 Å². The molecule has 146 valence electrons. The van der Waals surface area contributed by atoms with Gasteiger partial charge in [-0.2, -0.15) is 0 Å². The molecule has 0 atom stereocenters. The zero-order chi connectivity index (χ0) is 20.3. The van der Waals surface area contributed by atoms with Gasteiger partial charge in [0.2, 0.25) is 5.91 Å². The van der Waals surface area contributed by atoms with Crippen LogP contribution in [0.1, 0.15) is 41.0 Å². The minimum Gasteiger partial charge on any atom is -0.462 e. The summed E-state index contributed by atoms with van der Waals surface area (Å²) in [7, 11) is 0. The maximum absolute atomic E-state index is 12.4. The summed E-state index contributed by atoms with van der Waals surface area (Å²) < 4.78 is 10.6. The van der Waals surface area contributed by atoms with Gasteiger partial charge in [0.25, 0.3) is 0 Å². The molecule has 2 aromatic carbocycles. The van der Waals surface area contributed by atoms with Crippen LogP contribution in [-0.2, 0) is 16.0 Å². The highest BCUT2D eigenvalue weighted by atomic mass is 16.5. The van der Waals surface area contributed by atoms with Crippen molar-refractivity contribution < 1.29 is 18.8 Å². The Morgan fingerprint density at radius 2 is 1.86 bits per heavy atom. The second-order valence-corrected chi connectivity index (χ2v) is 7.38. The number of carbonyl (C=O) groups is 2. The number of benzene rings is 2. The Kier molecular flexibility index (Phi) is 5.78. The molecule has 0 saturated heterocycles. The Labute approximate surface area is 163 Å². The van der Waals surface area contributed by atoms with E-state index >= 15 is 0 Å². The fourth-order valence-corrected chi connectivity index (χ4v) is 3.01. The van der Waals surface area contributed by atoms with Crippen molar-refractivity contribution in [3.63, 3.8) is 0 Å². The number of nitrogens with zero attached hydrogens (tertiary/aromatic N) is 1. The lowest BCUT2D eigenvalue weighted by Crippen LogP contribution is -2.15. The van der Waals surface area contributed by atoms with Crippen molar-refractivity contribution in [1.82, 2.24) is 5.16 Å². The Morgan fingerprint density at radius 3 is 2.54 bits per heavy atom. The molecular weight excluding hydrogens is 356 g/mol. The average molecular weight is 380 g/mol. The van der Waals surface area contributed by atoms with Crippen LogP contribution in [0, 0.1) is 19.8 Å². The summed E-state index contributed by atoms with van der Waals surface area (Å²) in [5.41, 5.74) is 4.47. The fraction of sp³-hybridized carbons (Fsp3) is 0.318. The number of aryl methyl sites for hydroxylation is 2. The molecule has 0 fully saturated rings. The number of nitrogens with one attached hydrogen (secondary N) is 1. The highest BCUT2D eigenvalue weighted by molar-refractivity contribution is 5.96. The van der Waals surface area contributed by atoms with E-state index < -0.39 is 0 Å². The SMILES string of the molecule is Cc1cc(C)c2c(CC(=O)Nc3ccc(C(=O)OCC(C)C)cc3)noc2c1. The van der Waals surface area contributed by atoms with Crippen molar-refractivity contribution in [2.24, 2.45) is 5.92 Å². The molecule has 1 heterocycles. The van der Waals surface area contributed by atoms with Crippen LogP contribution in [0.3, 0.4) is 0 Å². The first-order valence-electron chi connectivity index (χ1n) is 9.26. The Balaban J connectivity index is 1.65. The standard InChI is InChI=1S/C22H24N2O4/c1-13(2)12-27-22(26)16-5-7-17(8-6-16)23-20(25)11-18-21-15(4)9-14(3)10-19(21)28-24-18/h5-10,13H,11-12H2,1-4H3,(H,23,25). The fourth-order valence-electron chi connectivity index (χ4n) is 3.01. The zero-order valence-electron chi connectivity index (χ0n) is 16.5. The highest BCUT2D eigenvalue weighted by Gasteiger charge is 2.15. The molecule has 6 heteroatoms. The van der Waals surface area contributed by atoms with Gasteiger partial charge in [-0.15, -0.1) is 0 Å². The summed E-state index contributed by atoms with van der Waals surface area (Å²) in [6, 6.07) is 10.6. The summed E-state index contributed by atoms with van der Waals surface area (Å²) in [5, 5.41) is 7.75. The predicted octanol–water partition coefficient (Wildman–Crippen LogP) is 4.44. The van der Waals surface area contributed by atoms with Gasteiger partial charge in [0, 0.05) is 11.1 Å². The van der Waals surface area contributed by atoms with E-state index in [9.17, 15) is 9.59 Å². The van der Waals surface area contributed by atoms with Crippen LogP contribution in [0.2, 0.25) is 0 Å². The minimum absolute atomic E-state index is 0.106. The first-order valence-corrected chi connectivity index (χ1v) is 9.26. The number of hydrogen-bond acceptors (Lipinski definition) is 5. The van der Waals surface area contributed by atoms with E-state index in [0.717, 1.165) is 16.5 Å². The smallest absolute Gasteiger partial charge is 0.338 e. The number of hydrogen-bond donors (Lipinski definition) is 1. The summed E-state index contributed by atoms with van der Waals surface area (Å²) >= 11 is 0. The van der Waals surface area contributed by atoms with Gasteiger partial charge in [-0.1, -0.05) is 25.1 Å². The lowest BCUT2D eigenvalue weighted by Gasteiger charge is -2.08. The van der Waals surface area contributed by atoms with Crippen LogP contribution in [0.5, 0.6) is 0 Å². The van der Waals surface area contributed by atoms with E-state index in [1.807, 2.05) is 39.8 Å². The summed E-state index contributed by atoms with van der Waals surface area (Å²) in [6.45, 7) is 8.30. The Morgan fingerprint density at radius 1 is 1.14 bits per heavy atom. The summed E-state index contributed by atoms with van der Waals surface area (Å²) in [6.07, 6.45) is 0.106. The maximum Gasteiger partial charge on any atom is 0.338 e. The second-order valence-electron chi connectivity index (χ2n) is 7.38. The molecule has 0 unspecified atom stereocenters. The number of carbonyl (C=O) groups excluding carboxylic acids is 2. The van der Waals surface area contributed by atoms with Crippen LogP contribution < -0.4 is 5.32 Å². The molecule has 1 amide bonds. The van der Waals surface area contributed by atoms with Crippen molar-refractivity contribution in [3.8, 4) is 0 Å².